The number of hydrogen-bond donors (Lipinski definition) is 1. The molecular weight excluding hydrogens is 368 g/mol. The molecule has 1 saturated heterocycles. The molecule has 146 valence electrons. The Labute approximate surface area is 170 Å². The van der Waals surface area contributed by atoms with Crippen LogP contribution in [0.15, 0.2) is 30.3 Å². The highest BCUT2D eigenvalue weighted by Gasteiger charge is 2.24. The van der Waals surface area contributed by atoms with Gasteiger partial charge in [0.05, 0.1) is 12.1 Å². The van der Waals surface area contributed by atoms with Crippen molar-refractivity contribution in [1.82, 2.24) is 9.80 Å². The highest BCUT2D eigenvalue weighted by Crippen LogP contribution is 2.38. The van der Waals surface area contributed by atoms with Gasteiger partial charge in [-0.15, -0.1) is 11.3 Å². The molecule has 0 spiro atoms. The first-order valence-electron chi connectivity index (χ1n) is 10.1. The number of rotatable bonds is 5. The molecule has 0 saturated carbocycles. The van der Waals surface area contributed by atoms with Gasteiger partial charge >= 0.3 is 0 Å². The van der Waals surface area contributed by atoms with Crippen molar-refractivity contribution in [2.75, 3.05) is 38.0 Å². The summed E-state index contributed by atoms with van der Waals surface area (Å²) in [7, 11) is 0. The van der Waals surface area contributed by atoms with Crippen LogP contribution in [0.4, 0.5) is 5.00 Å². The second kappa shape index (κ2) is 8.87. The summed E-state index contributed by atoms with van der Waals surface area (Å²) in [6.45, 7) is 5.22. The van der Waals surface area contributed by atoms with Crippen LogP contribution in [0.1, 0.15) is 34.4 Å². The topological polar surface area (TPSA) is 59.4 Å². The van der Waals surface area contributed by atoms with E-state index < -0.39 is 0 Å². The maximum absolute atomic E-state index is 12.6. The number of nitrogens with one attached hydrogen (secondary N) is 1. The molecule has 1 aromatic heterocycles. The van der Waals surface area contributed by atoms with Gasteiger partial charge in [0.1, 0.15) is 11.1 Å². The Morgan fingerprint density at radius 3 is 2.68 bits per heavy atom. The van der Waals surface area contributed by atoms with E-state index in [1.807, 2.05) is 6.07 Å². The number of nitrogens with zero attached hydrogens (tertiary/aromatic N) is 3. The first-order valence-corrected chi connectivity index (χ1v) is 10.9. The van der Waals surface area contributed by atoms with Crippen LogP contribution in [0.25, 0.3) is 0 Å². The highest BCUT2D eigenvalue weighted by atomic mass is 32.1. The molecule has 0 atom stereocenters. The van der Waals surface area contributed by atoms with Crippen molar-refractivity contribution in [1.29, 1.82) is 5.26 Å². The first kappa shape index (κ1) is 19.1. The lowest BCUT2D eigenvalue weighted by atomic mass is 10.1. The summed E-state index contributed by atoms with van der Waals surface area (Å²) in [5.41, 5.74) is 3.19. The van der Waals surface area contributed by atoms with Crippen LogP contribution in [0.3, 0.4) is 0 Å². The Kier molecular flexibility index (Phi) is 6.06. The number of amides is 1. The summed E-state index contributed by atoms with van der Waals surface area (Å²) in [6, 6.07) is 12.8. The molecule has 2 heterocycles. The molecule has 1 amide bonds. The molecule has 0 radical (unpaired) electrons. The molecule has 2 aromatic rings. The summed E-state index contributed by atoms with van der Waals surface area (Å²) in [4.78, 5) is 18.6. The molecular formula is C22H26N4OS. The average Bonchev–Trinajstić information content (AvgIpc) is 3.19. The van der Waals surface area contributed by atoms with E-state index in [-0.39, 0.29) is 5.91 Å². The fraction of sp³-hybridized carbons (Fsp3) is 0.455. The van der Waals surface area contributed by atoms with Gasteiger partial charge in [0.25, 0.3) is 0 Å². The maximum atomic E-state index is 12.6. The predicted molar refractivity (Wildman–Crippen MR) is 112 cm³/mol. The van der Waals surface area contributed by atoms with E-state index in [9.17, 15) is 10.1 Å². The summed E-state index contributed by atoms with van der Waals surface area (Å²) in [5, 5.41) is 13.2. The molecule has 0 unspecified atom stereocenters. The minimum absolute atomic E-state index is 0.00654. The number of carbonyl (C=O) groups excluding carboxylic acids is 1. The minimum atomic E-state index is -0.00654. The van der Waals surface area contributed by atoms with Crippen molar-refractivity contribution in [2.45, 2.75) is 32.2 Å². The number of carbonyl (C=O) groups is 1. The van der Waals surface area contributed by atoms with Gasteiger partial charge in [-0.25, -0.2) is 0 Å². The van der Waals surface area contributed by atoms with Crippen LogP contribution in [0, 0.1) is 11.3 Å². The molecule has 2 aliphatic rings. The molecule has 28 heavy (non-hydrogen) atoms. The molecule has 5 nitrogen and oxygen atoms in total. The van der Waals surface area contributed by atoms with E-state index in [1.165, 1.54) is 10.4 Å². The number of thiophene rings is 1. The third-order valence-electron chi connectivity index (χ3n) is 5.58. The van der Waals surface area contributed by atoms with E-state index in [2.05, 4.69) is 45.5 Å². The van der Waals surface area contributed by atoms with Crippen molar-refractivity contribution < 1.29 is 4.79 Å². The molecule has 4 rings (SSSR count). The average molecular weight is 395 g/mol. The fourth-order valence-corrected chi connectivity index (χ4v) is 5.42. The number of anilines is 1. The van der Waals surface area contributed by atoms with Crippen LogP contribution >= 0.6 is 11.3 Å². The Morgan fingerprint density at radius 2 is 1.86 bits per heavy atom. The van der Waals surface area contributed by atoms with Crippen molar-refractivity contribution in [3.05, 3.63) is 51.9 Å². The van der Waals surface area contributed by atoms with E-state index in [0.717, 1.165) is 69.0 Å². The van der Waals surface area contributed by atoms with Crippen molar-refractivity contribution in [2.24, 2.45) is 0 Å². The van der Waals surface area contributed by atoms with E-state index in [4.69, 9.17) is 0 Å². The molecule has 1 N–H and O–H groups in total. The molecule has 1 aliphatic carbocycles. The molecule has 1 aromatic carbocycles. The number of benzene rings is 1. The normalized spacial score (nSPS) is 17.7. The number of fused-ring (bicyclic) bond motifs is 1. The van der Waals surface area contributed by atoms with Gasteiger partial charge < -0.3 is 5.32 Å². The number of nitriles is 1. The van der Waals surface area contributed by atoms with Crippen LogP contribution in [0.2, 0.25) is 0 Å². The summed E-state index contributed by atoms with van der Waals surface area (Å²) < 4.78 is 0. The fourth-order valence-electron chi connectivity index (χ4n) is 4.16. The summed E-state index contributed by atoms with van der Waals surface area (Å²) in [6.07, 6.45) is 4.19. The van der Waals surface area contributed by atoms with Crippen molar-refractivity contribution in [3.8, 4) is 6.07 Å². The summed E-state index contributed by atoms with van der Waals surface area (Å²) >= 11 is 1.59. The molecule has 0 bridgehead atoms. The van der Waals surface area contributed by atoms with E-state index in [1.54, 1.807) is 11.3 Å². The SMILES string of the molecule is N#Cc1c(NC(=O)CN2CCCN(Cc3ccccc3)CC2)sc2c1CCC2. The van der Waals surface area contributed by atoms with Gasteiger partial charge in [0, 0.05) is 24.5 Å². The highest BCUT2D eigenvalue weighted by molar-refractivity contribution is 7.16. The Morgan fingerprint density at radius 1 is 1.07 bits per heavy atom. The largest absolute Gasteiger partial charge is 0.315 e. The monoisotopic (exact) mass is 394 g/mol. The Bertz CT molecular complexity index is 871. The van der Waals surface area contributed by atoms with Gasteiger partial charge in [-0.2, -0.15) is 5.26 Å². The van der Waals surface area contributed by atoms with Crippen LogP contribution < -0.4 is 5.32 Å². The second-order valence-corrected chi connectivity index (χ2v) is 8.72. The van der Waals surface area contributed by atoms with Gasteiger partial charge in [0.2, 0.25) is 5.91 Å². The van der Waals surface area contributed by atoms with Crippen LogP contribution in [-0.4, -0.2) is 48.4 Å². The number of aryl methyl sites for hydroxylation is 1. The Balaban J connectivity index is 1.30. The zero-order valence-electron chi connectivity index (χ0n) is 16.1. The smallest absolute Gasteiger partial charge is 0.239 e. The zero-order chi connectivity index (χ0) is 19.3. The molecule has 1 aliphatic heterocycles. The molecule has 6 heteroatoms. The minimum Gasteiger partial charge on any atom is -0.315 e. The Hall–Kier alpha value is -2.20. The zero-order valence-corrected chi connectivity index (χ0v) is 16.9. The van der Waals surface area contributed by atoms with Crippen molar-refractivity contribution in [3.63, 3.8) is 0 Å². The standard InChI is InChI=1S/C22H26N4OS/c23-14-19-18-8-4-9-20(18)28-22(19)24-21(27)16-26-11-5-10-25(12-13-26)15-17-6-2-1-3-7-17/h1-3,6-7H,4-5,8-13,15-16H2,(H,24,27). The van der Waals surface area contributed by atoms with Gasteiger partial charge in [0.15, 0.2) is 0 Å². The predicted octanol–water partition coefficient (Wildman–Crippen LogP) is 3.25. The van der Waals surface area contributed by atoms with E-state index in [0.29, 0.717) is 12.1 Å². The molecule has 1 fully saturated rings. The maximum Gasteiger partial charge on any atom is 0.239 e. The lowest BCUT2D eigenvalue weighted by molar-refractivity contribution is -0.117. The first-order chi connectivity index (χ1) is 13.7. The van der Waals surface area contributed by atoms with E-state index >= 15 is 0 Å². The second-order valence-electron chi connectivity index (χ2n) is 7.61. The van der Waals surface area contributed by atoms with Crippen LogP contribution in [0.5, 0.6) is 0 Å². The number of hydrogen-bond acceptors (Lipinski definition) is 5. The van der Waals surface area contributed by atoms with Crippen LogP contribution in [-0.2, 0) is 24.2 Å². The third-order valence-corrected chi connectivity index (χ3v) is 6.79. The lowest BCUT2D eigenvalue weighted by Gasteiger charge is -2.21. The third kappa shape index (κ3) is 4.44. The summed E-state index contributed by atoms with van der Waals surface area (Å²) in [5.74, 6) is -0.00654. The quantitative estimate of drug-likeness (QED) is 0.846. The van der Waals surface area contributed by atoms with Gasteiger partial charge in [-0.05, 0) is 49.9 Å². The van der Waals surface area contributed by atoms with Gasteiger partial charge in [-0.3, -0.25) is 14.6 Å². The van der Waals surface area contributed by atoms with Crippen molar-refractivity contribution >= 4 is 22.2 Å². The van der Waals surface area contributed by atoms with Gasteiger partial charge in [-0.1, -0.05) is 30.3 Å². The lowest BCUT2D eigenvalue weighted by Crippen LogP contribution is -2.36.